The molecule has 0 unspecified atom stereocenters. The molecule has 3 N–H and O–H groups in total. The van der Waals surface area contributed by atoms with E-state index in [1.807, 2.05) is 0 Å². The highest BCUT2D eigenvalue weighted by Crippen LogP contribution is 2.25. The van der Waals surface area contributed by atoms with Gasteiger partial charge in [0.1, 0.15) is 23.7 Å². The van der Waals surface area contributed by atoms with Crippen molar-refractivity contribution < 1.29 is 32.9 Å². The average Bonchev–Trinajstić information content (AvgIpc) is 2.26. The average molecular weight is 279 g/mol. The van der Waals surface area contributed by atoms with Crippen LogP contribution in [0.25, 0.3) is 0 Å². The Morgan fingerprint density at radius 3 is 2.37 bits per heavy atom. The molecule has 0 aliphatic carbocycles. The van der Waals surface area contributed by atoms with Gasteiger partial charge in [-0.2, -0.15) is 13.2 Å². The minimum absolute atomic E-state index is 0.178. The molecule has 0 saturated heterocycles. The molecular formula is C11H12F3NO4. The third-order valence-corrected chi connectivity index (χ3v) is 2.05. The number of hydrogen-bond acceptors (Lipinski definition) is 4. The van der Waals surface area contributed by atoms with Crippen LogP contribution in [0.2, 0.25) is 0 Å². The first-order chi connectivity index (χ1) is 8.81. The summed E-state index contributed by atoms with van der Waals surface area (Å²) in [5.41, 5.74) is -0.335. The molecule has 0 saturated carbocycles. The maximum atomic E-state index is 11.7. The fourth-order valence-electron chi connectivity index (χ4n) is 1.27. The zero-order valence-electron chi connectivity index (χ0n) is 9.70. The van der Waals surface area contributed by atoms with Crippen molar-refractivity contribution in [2.45, 2.75) is 6.18 Å². The maximum absolute atomic E-state index is 11.7. The number of rotatable bonds is 5. The number of alkyl halides is 3. The van der Waals surface area contributed by atoms with Crippen molar-refractivity contribution in [3.05, 3.63) is 23.8 Å². The van der Waals surface area contributed by atoms with Gasteiger partial charge in [0.15, 0.2) is 0 Å². The standard InChI is InChI=1S/C11H12F3NO4/c12-11(13,14)6-19-5-4-15-10(18)9-7(16)2-1-3-8(9)17/h1-3,16-17H,4-6H2,(H,15,18). The number of benzene rings is 1. The summed E-state index contributed by atoms with van der Waals surface area (Å²) >= 11 is 0. The number of amides is 1. The van der Waals surface area contributed by atoms with Crippen molar-refractivity contribution in [1.29, 1.82) is 0 Å². The fraction of sp³-hybridized carbons (Fsp3) is 0.364. The summed E-state index contributed by atoms with van der Waals surface area (Å²) < 4.78 is 39.5. The van der Waals surface area contributed by atoms with Crippen molar-refractivity contribution >= 4 is 5.91 Å². The first-order valence-corrected chi connectivity index (χ1v) is 5.25. The molecule has 1 aromatic rings. The van der Waals surface area contributed by atoms with Gasteiger partial charge in [-0.3, -0.25) is 4.79 Å². The smallest absolute Gasteiger partial charge is 0.411 e. The molecule has 5 nitrogen and oxygen atoms in total. The molecule has 0 radical (unpaired) electrons. The molecule has 0 spiro atoms. The minimum Gasteiger partial charge on any atom is -0.507 e. The van der Waals surface area contributed by atoms with E-state index in [0.717, 1.165) is 0 Å². The number of hydrogen-bond donors (Lipinski definition) is 3. The van der Waals surface area contributed by atoms with Gasteiger partial charge in [-0.05, 0) is 12.1 Å². The van der Waals surface area contributed by atoms with E-state index in [0.29, 0.717) is 0 Å². The van der Waals surface area contributed by atoms with Gasteiger partial charge < -0.3 is 20.3 Å². The van der Waals surface area contributed by atoms with Crippen molar-refractivity contribution in [1.82, 2.24) is 5.32 Å². The zero-order valence-corrected chi connectivity index (χ0v) is 9.70. The van der Waals surface area contributed by atoms with Crippen LogP contribution in [0.15, 0.2) is 18.2 Å². The van der Waals surface area contributed by atoms with Crippen LogP contribution in [-0.4, -0.2) is 42.1 Å². The van der Waals surface area contributed by atoms with Gasteiger partial charge in [0.25, 0.3) is 5.91 Å². The number of aromatic hydroxyl groups is 2. The lowest BCUT2D eigenvalue weighted by Crippen LogP contribution is -2.29. The molecule has 1 amide bonds. The van der Waals surface area contributed by atoms with Crippen LogP contribution >= 0.6 is 0 Å². The highest BCUT2D eigenvalue weighted by atomic mass is 19.4. The molecule has 19 heavy (non-hydrogen) atoms. The number of carbonyl (C=O) groups excluding carboxylic acids is 1. The number of ether oxygens (including phenoxy) is 1. The van der Waals surface area contributed by atoms with E-state index in [9.17, 15) is 28.2 Å². The molecule has 106 valence electrons. The van der Waals surface area contributed by atoms with Gasteiger partial charge in [-0.15, -0.1) is 0 Å². The Balaban J connectivity index is 2.40. The van der Waals surface area contributed by atoms with E-state index >= 15 is 0 Å². The Bertz CT molecular complexity index is 428. The van der Waals surface area contributed by atoms with Crippen molar-refractivity contribution in [2.75, 3.05) is 19.8 Å². The predicted molar refractivity (Wildman–Crippen MR) is 59.0 cm³/mol. The minimum atomic E-state index is -4.42. The normalized spacial score (nSPS) is 11.3. The fourth-order valence-corrected chi connectivity index (χ4v) is 1.27. The molecule has 0 fully saturated rings. The number of phenolic OH excluding ortho intramolecular Hbond substituents is 2. The summed E-state index contributed by atoms with van der Waals surface area (Å²) in [6.45, 7) is -1.91. The molecule has 0 aliphatic rings. The lowest BCUT2D eigenvalue weighted by molar-refractivity contribution is -0.173. The van der Waals surface area contributed by atoms with Gasteiger partial charge in [-0.1, -0.05) is 6.07 Å². The van der Waals surface area contributed by atoms with Crippen LogP contribution in [0.4, 0.5) is 13.2 Å². The number of phenols is 2. The number of nitrogens with one attached hydrogen (secondary N) is 1. The highest BCUT2D eigenvalue weighted by Gasteiger charge is 2.27. The third-order valence-electron chi connectivity index (χ3n) is 2.05. The Kier molecular flexibility index (Phi) is 4.99. The molecule has 0 bridgehead atoms. The van der Waals surface area contributed by atoms with Crippen LogP contribution in [0.3, 0.4) is 0 Å². The van der Waals surface area contributed by atoms with Crippen LogP contribution < -0.4 is 5.32 Å². The second kappa shape index (κ2) is 6.28. The molecule has 1 rings (SSSR count). The predicted octanol–water partition coefficient (Wildman–Crippen LogP) is 1.41. The van der Waals surface area contributed by atoms with E-state index in [-0.39, 0.29) is 18.7 Å². The third kappa shape index (κ3) is 5.04. The largest absolute Gasteiger partial charge is 0.507 e. The van der Waals surface area contributed by atoms with Crippen molar-refractivity contribution in [3.63, 3.8) is 0 Å². The lowest BCUT2D eigenvalue weighted by Gasteiger charge is -2.10. The van der Waals surface area contributed by atoms with E-state index in [1.165, 1.54) is 18.2 Å². The van der Waals surface area contributed by atoms with Gasteiger partial charge in [0, 0.05) is 6.54 Å². The Morgan fingerprint density at radius 2 is 1.84 bits per heavy atom. The first kappa shape index (κ1) is 15.1. The highest BCUT2D eigenvalue weighted by molar-refractivity contribution is 5.99. The second-order valence-corrected chi connectivity index (χ2v) is 3.59. The van der Waals surface area contributed by atoms with Crippen LogP contribution in [0, 0.1) is 0 Å². The number of carbonyl (C=O) groups is 1. The molecule has 0 heterocycles. The zero-order chi connectivity index (χ0) is 14.5. The summed E-state index contributed by atoms with van der Waals surface area (Å²) in [5, 5.41) is 21.0. The topological polar surface area (TPSA) is 78.8 Å². The van der Waals surface area contributed by atoms with Gasteiger partial charge in [-0.25, -0.2) is 0 Å². The molecule has 1 aromatic carbocycles. The first-order valence-electron chi connectivity index (χ1n) is 5.25. The Hall–Kier alpha value is -1.96. The molecule has 0 atom stereocenters. The molecular weight excluding hydrogens is 267 g/mol. The Labute approximate surface area is 106 Å². The van der Waals surface area contributed by atoms with Crippen LogP contribution in [0.1, 0.15) is 10.4 Å². The summed E-state index contributed by atoms with van der Waals surface area (Å²) in [5.74, 6) is -1.64. The molecule has 0 aliphatic heterocycles. The van der Waals surface area contributed by atoms with E-state index in [2.05, 4.69) is 10.1 Å². The van der Waals surface area contributed by atoms with Gasteiger partial charge >= 0.3 is 6.18 Å². The molecule has 8 heteroatoms. The summed E-state index contributed by atoms with van der Waals surface area (Å²) in [6, 6.07) is 3.75. The summed E-state index contributed by atoms with van der Waals surface area (Å²) in [4.78, 5) is 11.5. The van der Waals surface area contributed by atoms with Gasteiger partial charge in [0.2, 0.25) is 0 Å². The lowest BCUT2D eigenvalue weighted by atomic mass is 10.1. The second-order valence-electron chi connectivity index (χ2n) is 3.59. The molecule has 0 aromatic heterocycles. The number of halogens is 3. The van der Waals surface area contributed by atoms with E-state index in [1.54, 1.807) is 0 Å². The van der Waals surface area contributed by atoms with Crippen molar-refractivity contribution in [3.8, 4) is 11.5 Å². The SMILES string of the molecule is O=C(NCCOCC(F)(F)F)c1c(O)cccc1O. The Morgan fingerprint density at radius 1 is 1.26 bits per heavy atom. The van der Waals surface area contributed by atoms with Gasteiger partial charge in [0.05, 0.1) is 6.61 Å². The van der Waals surface area contributed by atoms with E-state index in [4.69, 9.17) is 0 Å². The van der Waals surface area contributed by atoms with Crippen LogP contribution in [-0.2, 0) is 4.74 Å². The summed E-state index contributed by atoms with van der Waals surface area (Å²) in [6.07, 6.45) is -4.42. The quantitative estimate of drug-likeness (QED) is 0.712. The maximum Gasteiger partial charge on any atom is 0.411 e. The summed E-state index contributed by atoms with van der Waals surface area (Å²) in [7, 11) is 0. The van der Waals surface area contributed by atoms with E-state index < -0.39 is 30.2 Å². The monoisotopic (exact) mass is 279 g/mol. The van der Waals surface area contributed by atoms with Crippen LogP contribution in [0.5, 0.6) is 11.5 Å². The van der Waals surface area contributed by atoms with Crippen molar-refractivity contribution in [2.24, 2.45) is 0 Å².